The van der Waals surface area contributed by atoms with E-state index in [4.69, 9.17) is 4.74 Å². The van der Waals surface area contributed by atoms with E-state index < -0.39 is 0 Å². The minimum Gasteiger partial charge on any atom is -0.453 e. The first kappa shape index (κ1) is 16.6. The van der Waals surface area contributed by atoms with Gasteiger partial charge in [-0.3, -0.25) is 0 Å². The van der Waals surface area contributed by atoms with Gasteiger partial charge in [0, 0.05) is 5.69 Å². The highest BCUT2D eigenvalue weighted by molar-refractivity contribution is 5.86. The number of benzene rings is 4. The van der Waals surface area contributed by atoms with Crippen LogP contribution in [-0.2, 0) is 6.42 Å². The molecule has 0 aromatic heterocycles. The molecular weight excluding hydrogens is 342 g/mol. The summed E-state index contributed by atoms with van der Waals surface area (Å²) in [5.41, 5.74) is 7.21. The van der Waals surface area contributed by atoms with Gasteiger partial charge in [-0.15, -0.1) is 0 Å². The Balaban J connectivity index is 1.51. The molecule has 0 saturated carbocycles. The molecule has 2 heteroatoms. The molecule has 0 atom stereocenters. The molecule has 0 fully saturated rings. The number of nitrogens with zero attached hydrogens (tertiary/aromatic N) is 1. The summed E-state index contributed by atoms with van der Waals surface area (Å²) in [5.74, 6) is 1.76. The van der Waals surface area contributed by atoms with E-state index in [1.165, 1.54) is 16.7 Å². The summed E-state index contributed by atoms with van der Waals surface area (Å²) in [4.78, 5) is 2.27. The van der Waals surface area contributed by atoms with Crippen LogP contribution in [0.25, 0.3) is 0 Å². The quantitative estimate of drug-likeness (QED) is 0.337. The molecule has 136 valence electrons. The van der Waals surface area contributed by atoms with Crippen LogP contribution in [0.1, 0.15) is 16.7 Å². The lowest BCUT2D eigenvalue weighted by molar-refractivity contribution is 0.477. The topological polar surface area (TPSA) is 12.5 Å². The number of fused-ring (bicyclic) bond motifs is 2. The van der Waals surface area contributed by atoms with Gasteiger partial charge in [0.2, 0.25) is 0 Å². The molecule has 0 radical (unpaired) electrons. The van der Waals surface area contributed by atoms with Gasteiger partial charge in [0.25, 0.3) is 0 Å². The normalized spacial score (nSPS) is 12.1. The zero-order chi connectivity index (χ0) is 18.9. The second-order valence-corrected chi connectivity index (χ2v) is 7.21. The van der Waals surface area contributed by atoms with Crippen LogP contribution in [0.5, 0.6) is 11.5 Å². The Morgan fingerprint density at radius 3 is 1.93 bits per heavy atom. The Morgan fingerprint density at radius 2 is 1.29 bits per heavy atom. The molecule has 28 heavy (non-hydrogen) atoms. The highest BCUT2D eigenvalue weighted by atomic mass is 16.5. The van der Waals surface area contributed by atoms with Gasteiger partial charge in [-0.05, 0) is 60.9 Å². The van der Waals surface area contributed by atoms with Crippen molar-refractivity contribution in [2.45, 2.75) is 13.3 Å². The van der Waals surface area contributed by atoms with E-state index in [9.17, 15) is 0 Å². The van der Waals surface area contributed by atoms with Gasteiger partial charge in [-0.25, -0.2) is 0 Å². The molecule has 4 aromatic rings. The number of para-hydroxylation sites is 4. The van der Waals surface area contributed by atoms with E-state index in [2.05, 4.69) is 84.6 Å². The van der Waals surface area contributed by atoms with E-state index in [0.29, 0.717) is 0 Å². The molecule has 0 spiro atoms. The first-order chi connectivity index (χ1) is 13.8. The summed E-state index contributed by atoms with van der Waals surface area (Å²) in [7, 11) is 0. The van der Waals surface area contributed by atoms with E-state index >= 15 is 0 Å². The number of ether oxygens (including phenoxy) is 1. The summed E-state index contributed by atoms with van der Waals surface area (Å²) in [5, 5.41) is 0. The number of rotatable bonds is 3. The highest BCUT2D eigenvalue weighted by Crippen LogP contribution is 2.49. The van der Waals surface area contributed by atoms with Crippen LogP contribution in [0.4, 0.5) is 17.1 Å². The van der Waals surface area contributed by atoms with Gasteiger partial charge >= 0.3 is 0 Å². The van der Waals surface area contributed by atoms with Crippen LogP contribution < -0.4 is 9.64 Å². The van der Waals surface area contributed by atoms with Crippen molar-refractivity contribution >= 4 is 17.1 Å². The lowest BCUT2D eigenvalue weighted by Gasteiger charge is -2.32. The number of anilines is 3. The fourth-order valence-electron chi connectivity index (χ4n) is 3.80. The molecule has 0 aliphatic carbocycles. The maximum Gasteiger partial charge on any atom is 0.151 e. The Bertz CT molecular complexity index is 1090. The minimum atomic E-state index is 0.880. The van der Waals surface area contributed by atoms with Crippen LogP contribution in [0.15, 0.2) is 97.1 Å². The molecule has 0 N–H and O–H groups in total. The van der Waals surface area contributed by atoms with Crippen molar-refractivity contribution in [2.75, 3.05) is 4.90 Å². The second kappa shape index (κ2) is 6.90. The van der Waals surface area contributed by atoms with Gasteiger partial charge in [0.05, 0.1) is 11.4 Å². The largest absolute Gasteiger partial charge is 0.453 e. The Morgan fingerprint density at radius 1 is 0.643 bits per heavy atom. The van der Waals surface area contributed by atoms with Crippen molar-refractivity contribution < 1.29 is 4.74 Å². The summed E-state index contributed by atoms with van der Waals surface area (Å²) in [6, 6.07) is 33.9. The standard InChI is InChI=1S/C26H21NO/c1-19-7-6-8-21(17-19)18-20-13-15-22(16-14-20)27-23-9-2-4-11-25(23)28-26-12-5-3-10-24(26)27/h2-17H,18H2,1H3. The summed E-state index contributed by atoms with van der Waals surface area (Å²) in [6.45, 7) is 2.14. The van der Waals surface area contributed by atoms with Gasteiger partial charge in [-0.2, -0.15) is 0 Å². The predicted molar refractivity (Wildman–Crippen MR) is 115 cm³/mol. The van der Waals surface area contributed by atoms with Crippen molar-refractivity contribution in [3.05, 3.63) is 114 Å². The molecule has 5 rings (SSSR count). The Kier molecular flexibility index (Phi) is 4.10. The molecule has 0 saturated heterocycles. The molecule has 0 unspecified atom stereocenters. The zero-order valence-corrected chi connectivity index (χ0v) is 15.8. The van der Waals surface area contributed by atoms with Gasteiger partial charge < -0.3 is 9.64 Å². The first-order valence-electron chi connectivity index (χ1n) is 9.58. The van der Waals surface area contributed by atoms with Gasteiger partial charge in [0.15, 0.2) is 11.5 Å². The van der Waals surface area contributed by atoms with Crippen LogP contribution in [-0.4, -0.2) is 0 Å². The molecule has 1 heterocycles. The maximum absolute atomic E-state index is 6.10. The number of hydrogen-bond donors (Lipinski definition) is 0. The van der Waals surface area contributed by atoms with Crippen molar-refractivity contribution in [2.24, 2.45) is 0 Å². The van der Waals surface area contributed by atoms with Crippen LogP contribution in [0.3, 0.4) is 0 Å². The molecule has 0 amide bonds. The third-order valence-electron chi connectivity index (χ3n) is 5.12. The average molecular weight is 363 g/mol. The number of aryl methyl sites for hydroxylation is 1. The Hall–Kier alpha value is -3.52. The van der Waals surface area contributed by atoms with E-state index in [1.807, 2.05) is 24.3 Å². The van der Waals surface area contributed by atoms with Gasteiger partial charge in [0.1, 0.15) is 0 Å². The van der Waals surface area contributed by atoms with E-state index in [0.717, 1.165) is 35.0 Å². The van der Waals surface area contributed by atoms with Crippen molar-refractivity contribution in [1.29, 1.82) is 0 Å². The summed E-state index contributed by atoms with van der Waals surface area (Å²) in [6.07, 6.45) is 0.943. The van der Waals surface area contributed by atoms with E-state index in [-0.39, 0.29) is 0 Å². The third kappa shape index (κ3) is 3.03. The third-order valence-corrected chi connectivity index (χ3v) is 5.12. The zero-order valence-electron chi connectivity index (χ0n) is 15.8. The smallest absolute Gasteiger partial charge is 0.151 e. The fourth-order valence-corrected chi connectivity index (χ4v) is 3.80. The fraction of sp³-hybridized carbons (Fsp3) is 0.0769. The average Bonchev–Trinajstić information content (AvgIpc) is 2.73. The lowest BCUT2D eigenvalue weighted by atomic mass is 10.0. The molecule has 4 aromatic carbocycles. The maximum atomic E-state index is 6.10. The molecule has 1 aliphatic rings. The SMILES string of the molecule is Cc1cccc(Cc2ccc(N3c4ccccc4Oc4ccccc43)cc2)c1. The monoisotopic (exact) mass is 363 g/mol. The van der Waals surface area contributed by atoms with Crippen molar-refractivity contribution in [3.63, 3.8) is 0 Å². The molecule has 0 bridgehead atoms. The first-order valence-corrected chi connectivity index (χ1v) is 9.58. The van der Waals surface area contributed by atoms with E-state index in [1.54, 1.807) is 0 Å². The molecular formula is C26H21NO. The van der Waals surface area contributed by atoms with Crippen molar-refractivity contribution in [1.82, 2.24) is 0 Å². The van der Waals surface area contributed by atoms with Crippen LogP contribution in [0, 0.1) is 6.92 Å². The van der Waals surface area contributed by atoms with Crippen LogP contribution in [0.2, 0.25) is 0 Å². The number of hydrogen-bond acceptors (Lipinski definition) is 2. The molecule has 1 aliphatic heterocycles. The molecule has 2 nitrogen and oxygen atoms in total. The lowest BCUT2D eigenvalue weighted by Crippen LogP contribution is -2.15. The van der Waals surface area contributed by atoms with Gasteiger partial charge in [-0.1, -0.05) is 66.2 Å². The second-order valence-electron chi connectivity index (χ2n) is 7.21. The Labute approximate surface area is 165 Å². The minimum absolute atomic E-state index is 0.880. The van der Waals surface area contributed by atoms with Crippen LogP contribution >= 0.6 is 0 Å². The van der Waals surface area contributed by atoms with Crippen molar-refractivity contribution in [3.8, 4) is 11.5 Å². The highest BCUT2D eigenvalue weighted by Gasteiger charge is 2.24. The summed E-state index contributed by atoms with van der Waals surface area (Å²) >= 11 is 0. The predicted octanol–water partition coefficient (Wildman–Crippen LogP) is 7.16. The summed E-state index contributed by atoms with van der Waals surface area (Å²) < 4.78 is 6.10.